The van der Waals surface area contributed by atoms with Gasteiger partial charge in [0, 0.05) is 28.4 Å². The third-order valence-corrected chi connectivity index (χ3v) is 6.69. The number of nitrogens with zero attached hydrogens (tertiary/aromatic N) is 4. The largest absolute Gasteiger partial charge is 0.462 e. The van der Waals surface area contributed by atoms with Crippen molar-refractivity contribution < 1.29 is 14.3 Å². The lowest BCUT2D eigenvalue weighted by atomic mass is 10.1. The van der Waals surface area contributed by atoms with E-state index in [1.807, 2.05) is 28.8 Å². The van der Waals surface area contributed by atoms with Gasteiger partial charge in [-0.15, -0.1) is 5.10 Å². The number of hydrogen-bond donors (Lipinski definition) is 1. The summed E-state index contributed by atoms with van der Waals surface area (Å²) < 4.78 is 6.96. The summed E-state index contributed by atoms with van der Waals surface area (Å²) in [6, 6.07) is 14.0. The third-order valence-electron chi connectivity index (χ3n) is 5.38. The fraction of sp³-hybridized carbons (Fsp3) is 0.217. The molecule has 0 saturated heterocycles. The van der Waals surface area contributed by atoms with E-state index in [1.165, 1.54) is 11.3 Å². The number of rotatable bonds is 4. The average Bonchev–Trinajstić information content (AvgIpc) is 3.37. The first-order valence-electron chi connectivity index (χ1n) is 10.5. The lowest BCUT2D eigenvalue weighted by Gasteiger charge is -2.27. The molecule has 2 amide bonds. The van der Waals surface area contributed by atoms with Gasteiger partial charge >= 0.3 is 12.0 Å². The van der Waals surface area contributed by atoms with Crippen molar-refractivity contribution in [2.45, 2.75) is 19.9 Å². The number of thiazole rings is 1. The summed E-state index contributed by atoms with van der Waals surface area (Å²) in [5.74, 6) is 0.188. The molecule has 168 valence electrons. The van der Waals surface area contributed by atoms with Crippen LogP contribution in [0.3, 0.4) is 0 Å². The van der Waals surface area contributed by atoms with E-state index in [0.717, 1.165) is 21.1 Å². The molecular formula is C23H20ClN5O3S. The monoisotopic (exact) mass is 481 g/mol. The van der Waals surface area contributed by atoms with Gasteiger partial charge in [-0.25, -0.2) is 14.1 Å². The summed E-state index contributed by atoms with van der Waals surface area (Å²) in [6.45, 7) is 3.00. The zero-order valence-electron chi connectivity index (χ0n) is 17.7. The zero-order valence-corrected chi connectivity index (χ0v) is 19.3. The van der Waals surface area contributed by atoms with Crippen LogP contribution in [0.15, 0.2) is 48.5 Å². The van der Waals surface area contributed by atoms with Crippen LogP contribution in [0.5, 0.6) is 0 Å². The molecule has 33 heavy (non-hydrogen) atoms. The average molecular weight is 482 g/mol. The van der Waals surface area contributed by atoms with Crippen LogP contribution >= 0.6 is 22.9 Å². The molecule has 5 rings (SSSR count). The SMILES string of the molecule is CCOC(=O)c1ccccc1NC(=O)N1CCc2c(sc3nc(-c4ccc(Cl)cc4)nn23)C1. The Balaban J connectivity index is 1.33. The molecule has 3 heterocycles. The van der Waals surface area contributed by atoms with Gasteiger partial charge in [0.15, 0.2) is 5.82 Å². The molecular weight excluding hydrogens is 462 g/mol. The number of carbonyl (C=O) groups is 2. The van der Waals surface area contributed by atoms with Gasteiger partial charge < -0.3 is 15.0 Å². The Bertz CT molecular complexity index is 1350. The van der Waals surface area contributed by atoms with Crippen molar-refractivity contribution in [2.24, 2.45) is 0 Å². The van der Waals surface area contributed by atoms with E-state index in [4.69, 9.17) is 16.3 Å². The second-order valence-electron chi connectivity index (χ2n) is 7.48. The van der Waals surface area contributed by atoms with Gasteiger partial charge in [0.2, 0.25) is 4.96 Å². The van der Waals surface area contributed by atoms with Gasteiger partial charge in [-0.2, -0.15) is 4.98 Å². The van der Waals surface area contributed by atoms with Crippen LogP contribution < -0.4 is 5.32 Å². The molecule has 2 aromatic carbocycles. The van der Waals surface area contributed by atoms with E-state index in [2.05, 4.69) is 15.4 Å². The van der Waals surface area contributed by atoms with Crippen LogP contribution in [0.4, 0.5) is 10.5 Å². The topological polar surface area (TPSA) is 88.8 Å². The van der Waals surface area contributed by atoms with Gasteiger partial charge in [-0.3, -0.25) is 0 Å². The Morgan fingerprint density at radius 2 is 1.97 bits per heavy atom. The number of fused-ring (bicyclic) bond motifs is 3. The number of amides is 2. The van der Waals surface area contributed by atoms with Crippen LogP contribution in [0.25, 0.3) is 16.3 Å². The number of nitrogens with one attached hydrogen (secondary N) is 1. The number of anilines is 1. The maximum Gasteiger partial charge on any atom is 0.340 e. The van der Waals surface area contributed by atoms with Gasteiger partial charge in [-0.1, -0.05) is 35.1 Å². The number of ether oxygens (including phenoxy) is 1. The minimum Gasteiger partial charge on any atom is -0.462 e. The number of aromatic nitrogens is 3. The maximum absolute atomic E-state index is 12.9. The first-order valence-corrected chi connectivity index (χ1v) is 11.7. The lowest BCUT2D eigenvalue weighted by molar-refractivity contribution is 0.0527. The molecule has 4 aromatic rings. The fourth-order valence-corrected chi connectivity index (χ4v) is 5.00. The Hall–Kier alpha value is -3.43. The molecule has 0 atom stereocenters. The lowest BCUT2D eigenvalue weighted by Crippen LogP contribution is -2.39. The normalized spacial score (nSPS) is 13.1. The van der Waals surface area contributed by atoms with E-state index >= 15 is 0 Å². The van der Waals surface area contributed by atoms with Gasteiger partial charge in [0.1, 0.15) is 0 Å². The number of hydrogen-bond acceptors (Lipinski definition) is 6. The highest BCUT2D eigenvalue weighted by Gasteiger charge is 2.27. The van der Waals surface area contributed by atoms with E-state index in [0.29, 0.717) is 41.6 Å². The van der Waals surface area contributed by atoms with Crippen LogP contribution in [0, 0.1) is 0 Å². The standard InChI is InChI=1S/C23H20ClN5O3S/c1-2-32-21(30)16-5-3-4-6-17(16)25-22(31)28-12-11-18-19(13-28)33-23-26-20(27-29(18)23)14-7-9-15(24)10-8-14/h3-10H,2,11-13H2,1H3,(H,25,31). The molecule has 0 fully saturated rings. The first kappa shape index (κ1) is 21.4. The summed E-state index contributed by atoms with van der Waals surface area (Å²) in [4.78, 5) is 33.4. The Morgan fingerprint density at radius 1 is 1.18 bits per heavy atom. The Morgan fingerprint density at radius 3 is 2.76 bits per heavy atom. The van der Waals surface area contributed by atoms with E-state index in [1.54, 1.807) is 36.1 Å². The Labute approximate surface area is 198 Å². The molecule has 2 aromatic heterocycles. The zero-order chi connectivity index (χ0) is 22.9. The molecule has 1 aliphatic heterocycles. The molecule has 0 unspecified atom stereocenters. The highest BCUT2D eigenvalue weighted by atomic mass is 35.5. The van der Waals surface area contributed by atoms with E-state index in [-0.39, 0.29) is 12.6 Å². The van der Waals surface area contributed by atoms with Crippen LogP contribution in [-0.4, -0.2) is 44.7 Å². The van der Waals surface area contributed by atoms with E-state index in [9.17, 15) is 9.59 Å². The number of carbonyl (C=O) groups excluding carboxylic acids is 2. The van der Waals surface area contributed by atoms with Crippen molar-refractivity contribution in [2.75, 3.05) is 18.5 Å². The molecule has 8 nitrogen and oxygen atoms in total. The molecule has 1 aliphatic rings. The summed E-state index contributed by atoms with van der Waals surface area (Å²) in [7, 11) is 0. The smallest absolute Gasteiger partial charge is 0.340 e. The van der Waals surface area contributed by atoms with Crippen LogP contribution in [0.2, 0.25) is 5.02 Å². The highest BCUT2D eigenvalue weighted by molar-refractivity contribution is 7.17. The van der Waals surface area contributed by atoms with Crippen molar-refractivity contribution in [1.82, 2.24) is 19.5 Å². The van der Waals surface area contributed by atoms with Gasteiger partial charge in [-0.05, 0) is 43.3 Å². The third kappa shape index (κ3) is 4.17. The molecule has 0 aliphatic carbocycles. The summed E-state index contributed by atoms with van der Waals surface area (Å²) in [5.41, 5.74) is 2.74. The summed E-state index contributed by atoms with van der Waals surface area (Å²) in [5, 5.41) is 8.20. The molecule has 0 radical (unpaired) electrons. The second-order valence-corrected chi connectivity index (χ2v) is 8.97. The van der Waals surface area contributed by atoms with Gasteiger partial charge in [0.25, 0.3) is 0 Å². The molecule has 0 saturated carbocycles. The van der Waals surface area contributed by atoms with Crippen molar-refractivity contribution in [1.29, 1.82) is 0 Å². The summed E-state index contributed by atoms with van der Waals surface area (Å²) >= 11 is 7.50. The van der Waals surface area contributed by atoms with Crippen LogP contribution in [-0.2, 0) is 17.7 Å². The predicted octanol–water partition coefficient (Wildman–Crippen LogP) is 4.88. The number of halogens is 1. The molecule has 1 N–H and O–H groups in total. The number of para-hydroxylation sites is 1. The minimum absolute atomic E-state index is 0.266. The van der Waals surface area contributed by atoms with E-state index < -0.39 is 5.97 Å². The van der Waals surface area contributed by atoms with Crippen molar-refractivity contribution in [3.63, 3.8) is 0 Å². The van der Waals surface area contributed by atoms with Gasteiger partial charge in [0.05, 0.1) is 30.1 Å². The Kier molecular flexibility index (Phi) is 5.74. The van der Waals surface area contributed by atoms with Crippen molar-refractivity contribution in [3.8, 4) is 11.4 Å². The predicted molar refractivity (Wildman–Crippen MR) is 127 cm³/mol. The van der Waals surface area contributed by atoms with Crippen molar-refractivity contribution in [3.05, 3.63) is 69.7 Å². The fourth-order valence-electron chi connectivity index (χ4n) is 3.76. The molecule has 0 spiro atoms. The quantitative estimate of drug-likeness (QED) is 0.420. The second kappa shape index (κ2) is 8.84. The maximum atomic E-state index is 12.9. The highest BCUT2D eigenvalue weighted by Crippen LogP contribution is 2.30. The van der Waals surface area contributed by atoms with Crippen molar-refractivity contribution >= 4 is 45.6 Å². The molecule has 0 bridgehead atoms. The number of benzene rings is 2. The van der Waals surface area contributed by atoms with Crippen LogP contribution in [0.1, 0.15) is 27.9 Å². The number of urea groups is 1. The summed E-state index contributed by atoms with van der Waals surface area (Å²) in [6.07, 6.45) is 0.658. The minimum atomic E-state index is -0.462. The first-order chi connectivity index (χ1) is 16.0. The molecule has 10 heteroatoms. The number of esters is 1.